The summed E-state index contributed by atoms with van der Waals surface area (Å²) < 4.78 is 23.8. The predicted molar refractivity (Wildman–Crippen MR) is 104 cm³/mol. The number of sulfone groups is 1. The highest BCUT2D eigenvalue weighted by Gasteiger charge is 2.21. The lowest BCUT2D eigenvalue weighted by atomic mass is 9.97. The third-order valence-electron chi connectivity index (χ3n) is 4.07. The van der Waals surface area contributed by atoms with Gasteiger partial charge >= 0.3 is 0 Å². The number of halogens is 1. The quantitative estimate of drug-likeness (QED) is 0.757. The molecule has 0 spiro atoms. The van der Waals surface area contributed by atoms with Crippen LogP contribution in [0.2, 0.25) is 5.02 Å². The molecule has 2 atom stereocenters. The van der Waals surface area contributed by atoms with Crippen molar-refractivity contribution in [3.05, 3.63) is 64.7 Å². The molecule has 140 valence electrons. The van der Waals surface area contributed by atoms with Crippen LogP contribution in [0.5, 0.6) is 0 Å². The van der Waals surface area contributed by atoms with E-state index >= 15 is 0 Å². The number of amides is 1. The molecule has 0 radical (unpaired) electrons. The fraction of sp³-hybridized carbons (Fsp3) is 0.316. The maximum atomic E-state index is 12.5. The second-order valence-corrected chi connectivity index (χ2v) is 8.75. The Morgan fingerprint density at radius 1 is 1.12 bits per heavy atom. The Labute approximate surface area is 159 Å². The van der Waals surface area contributed by atoms with Crippen molar-refractivity contribution < 1.29 is 13.2 Å². The zero-order valence-electron chi connectivity index (χ0n) is 15.0. The summed E-state index contributed by atoms with van der Waals surface area (Å²) in [5.74, 6) is -0.350. The first-order chi connectivity index (χ1) is 12.2. The smallest absolute Gasteiger partial charge is 0.224 e. The third-order valence-corrected chi connectivity index (χ3v) is 5.43. The lowest BCUT2D eigenvalue weighted by Gasteiger charge is -2.22. The number of nitrogens with one attached hydrogen (secondary N) is 2. The zero-order chi connectivity index (χ0) is 19.3. The summed E-state index contributed by atoms with van der Waals surface area (Å²) in [5, 5.41) is 6.59. The Morgan fingerprint density at radius 2 is 1.77 bits per heavy atom. The van der Waals surface area contributed by atoms with E-state index < -0.39 is 15.9 Å². The molecule has 5 nitrogen and oxygen atoms in total. The topological polar surface area (TPSA) is 75.3 Å². The Bertz CT molecular complexity index is 867. The standard InChI is InChI=1S/C19H23ClN2O3S/c1-13(12-21-2)19(23)22-18(14-7-9-16(20)10-8-14)15-5-4-6-17(11-15)26(3,24)25/h4-11,13,18,21H,12H2,1-3H3,(H,22,23). The molecule has 0 bridgehead atoms. The van der Waals surface area contributed by atoms with Crippen LogP contribution in [0.15, 0.2) is 53.4 Å². The summed E-state index contributed by atoms with van der Waals surface area (Å²) in [5.41, 5.74) is 1.52. The Hall–Kier alpha value is -1.89. The van der Waals surface area contributed by atoms with Crippen LogP contribution in [0.1, 0.15) is 24.1 Å². The summed E-state index contributed by atoms with van der Waals surface area (Å²) in [7, 11) is -1.56. The van der Waals surface area contributed by atoms with Crippen LogP contribution in [0.3, 0.4) is 0 Å². The molecule has 2 aromatic carbocycles. The number of hydrogen-bond donors (Lipinski definition) is 2. The van der Waals surface area contributed by atoms with Crippen LogP contribution in [0.4, 0.5) is 0 Å². The molecule has 0 fully saturated rings. The van der Waals surface area contributed by atoms with E-state index in [9.17, 15) is 13.2 Å². The van der Waals surface area contributed by atoms with Gasteiger partial charge in [-0.15, -0.1) is 0 Å². The molecule has 0 heterocycles. The van der Waals surface area contributed by atoms with Crippen LogP contribution in [0.25, 0.3) is 0 Å². The van der Waals surface area contributed by atoms with Crippen LogP contribution < -0.4 is 10.6 Å². The fourth-order valence-electron chi connectivity index (χ4n) is 2.62. The second kappa shape index (κ2) is 8.66. The van der Waals surface area contributed by atoms with Crippen LogP contribution in [-0.4, -0.2) is 34.2 Å². The van der Waals surface area contributed by atoms with E-state index in [0.717, 1.165) is 11.8 Å². The van der Waals surface area contributed by atoms with Gasteiger partial charge in [0.05, 0.1) is 10.9 Å². The van der Waals surface area contributed by atoms with Crippen molar-refractivity contribution >= 4 is 27.3 Å². The number of hydrogen-bond acceptors (Lipinski definition) is 4. The molecule has 26 heavy (non-hydrogen) atoms. The van der Waals surface area contributed by atoms with Gasteiger partial charge in [-0.05, 0) is 42.4 Å². The average Bonchev–Trinajstić information content (AvgIpc) is 2.60. The predicted octanol–water partition coefficient (Wildman–Crippen LogP) is 2.80. The van der Waals surface area contributed by atoms with E-state index in [4.69, 9.17) is 11.6 Å². The van der Waals surface area contributed by atoms with Gasteiger partial charge < -0.3 is 10.6 Å². The van der Waals surface area contributed by atoms with Crippen molar-refractivity contribution in [2.24, 2.45) is 5.92 Å². The van der Waals surface area contributed by atoms with E-state index in [2.05, 4.69) is 10.6 Å². The SMILES string of the molecule is CNCC(C)C(=O)NC(c1ccc(Cl)cc1)c1cccc(S(C)(=O)=O)c1. The first-order valence-electron chi connectivity index (χ1n) is 8.23. The van der Waals surface area contributed by atoms with Gasteiger partial charge in [-0.1, -0.05) is 42.8 Å². The van der Waals surface area contributed by atoms with E-state index in [1.165, 1.54) is 0 Å². The molecule has 0 aliphatic heterocycles. The first kappa shape index (κ1) is 20.4. The van der Waals surface area contributed by atoms with E-state index in [1.807, 2.05) is 19.1 Å². The molecular formula is C19H23ClN2O3S. The molecule has 0 saturated carbocycles. The minimum Gasteiger partial charge on any atom is -0.345 e. The van der Waals surface area contributed by atoms with Gasteiger partial charge in [0.25, 0.3) is 0 Å². The maximum Gasteiger partial charge on any atom is 0.224 e. The Balaban J connectivity index is 2.44. The molecule has 2 unspecified atom stereocenters. The lowest BCUT2D eigenvalue weighted by Crippen LogP contribution is -2.37. The zero-order valence-corrected chi connectivity index (χ0v) is 16.6. The highest BCUT2D eigenvalue weighted by molar-refractivity contribution is 7.90. The van der Waals surface area contributed by atoms with Gasteiger partial charge in [0.2, 0.25) is 5.91 Å². The van der Waals surface area contributed by atoms with Crippen molar-refractivity contribution in [3.8, 4) is 0 Å². The largest absolute Gasteiger partial charge is 0.345 e. The maximum absolute atomic E-state index is 12.5. The molecule has 0 saturated heterocycles. The summed E-state index contributed by atoms with van der Waals surface area (Å²) >= 11 is 5.97. The molecule has 2 aromatic rings. The summed E-state index contributed by atoms with van der Waals surface area (Å²) in [6, 6.07) is 13.3. The van der Waals surface area contributed by atoms with Crippen LogP contribution in [0, 0.1) is 5.92 Å². The third kappa shape index (κ3) is 5.30. The van der Waals surface area contributed by atoms with Crippen LogP contribution >= 0.6 is 11.6 Å². The fourth-order valence-corrected chi connectivity index (χ4v) is 3.42. The monoisotopic (exact) mass is 394 g/mol. The number of benzene rings is 2. The molecule has 2 N–H and O–H groups in total. The normalized spacial score (nSPS) is 13.8. The number of carbonyl (C=O) groups is 1. The van der Waals surface area contributed by atoms with Crippen molar-refractivity contribution in [2.75, 3.05) is 19.8 Å². The van der Waals surface area contributed by atoms with Gasteiger partial charge in [0.1, 0.15) is 0 Å². The highest BCUT2D eigenvalue weighted by Crippen LogP contribution is 2.26. The van der Waals surface area contributed by atoms with Gasteiger partial charge in [-0.25, -0.2) is 8.42 Å². The van der Waals surface area contributed by atoms with Gasteiger partial charge in [0, 0.05) is 23.7 Å². The molecular weight excluding hydrogens is 372 g/mol. The Kier molecular flexibility index (Phi) is 6.81. The summed E-state index contributed by atoms with van der Waals surface area (Å²) in [6.07, 6.45) is 1.16. The summed E-state index contributed by atoms with van der Waals surface area (Å²) in [6.45, 7) is 2.38. The van der Waals surface area contributed by atoms with Gasteiger partial charge in [-0.3, -0.25) is 4.79 Å². The molecule has 7 heteroatoms. The minimum atomic E-state index is -3.34. The number of carbonyl (C=O) groups excluding carboxylic acids is 1. The summed E-state index contributed by atoms with van der Waals surface area (Å²) in [4.78, 5) is 12.8. The van der Waals surface area contributed by atoms with Crippen LogP contribution in [-0.2, 0) is 14.6 Å². The second-order valence-electron chi connectivity index (χ2n) is 6.30. The van der Waals surface area contributed by atoms with Crippen molar-refractivity contribution in [1.82, 2.24) is 10.6 Å². The van der Waals surface area contributed by atoms with Crippen molar-refractivity contribution in [3.63, 3.8) is 0 Å². The van der Waals surface area contributed by atoms with Crippen molar-refractivity contribution in [1.29, 1.82) is 0 Å². The molecule has 0 aliphatic carbocycles. The first-order valence-corrected chi connectivity index (χ1v) is 10.5. The van der Waals surface area contributed by atoms with E-state index in [0.29, 0.717) is 17.1 Å². The highest BCUT2D eigenvalue weighted by atomic mass is 35.5. The average molecular weight is 395 g/mol. The van der Waals surface area contributed by atoms with Gasteiger partial charge in [0.15, 0.2) is 9.84 Å². The number of rotatable bonds is 7. The molecule has 1 amide bonds. The van der Waals surface area contributed by atoms with Gasteiger partial charge in [-0.2, -0.15) is 0 Å². The van der Waals surface area contributed by atoms with E-state index in [1.54, 1.807) is 43.4 Å². The van der Waals surface area contributed by atoms with Crippen molar-refractivity contribution in [2.45, 2.75) is 17.9 Å². The van der Waals surface area contributed by atoms with E-state index in [-0.39, 0.29) is 16.7 Å². The minimum absolute atomic E-state index is 0.121. The lowest BCUT2D eigenvalue weighted by molar-refractivity contribution is -0.124. The Morgan fingerprint density at radius 3 is 2.35 bits per heavy atom. The molecule has 0 aliphatic rings. The molecule has 0 aromatic heterocycles. The molecule has 2 rings (SSSR count).